The van der Waals surface area contributed by atoms with Gasteiger partial charge in [0.05, 0.1) is 5.69 Å². The van der Waals surface area contributed by atoms with Crippen LogP contribution in [0.4, 0.5) is 11.4 Å². The molecule has 3 nitrogen and oxygen atoms in total. The zero-order valence-electron chi connectivity index (χ0n) is 9.26. The van der Waals surface area contributed by atoms with Crippen LogP contribution in [-0.4, -0.2) is 5.11 Å². The van der Waals surface area contributed by atoms with Gasteiger partial charge in [0.2, 0.25) is 0 Å². The van der Waals surface area contributed by atoms with Crippen LogP contribution in [0.5, 0.6) is 5.75 Å². The summed E-state index contributed by atoms with van der Waals surface area (Å²) in [6, 6.07) is 12.2. The SMILES string of the molecule is Cc1ccc(O)c(N=Nc2ccc(Cl)cc2)c1. The highest BCUT2D eigenvalue weighted by Crippen LogP contribution is 2.29. The average molecular weight is 247 g/mol. The van der Waals surface area contributed by atoms with Gasteiger partial charge in [-0.05, 0) is 48.9 Å². The molecule has 17 heavy (non-hydrogen) atoms. The van der Waals surface area contributed by atoms with Crippen molar-refractivity contribution in [3.63, 3.8) is 0 Å². The van der Waals surface area contributed by atoms with E-state index in [4.69, 9.17) is 11.6 Å². The number of aromatic hydroxyl groups is 1. The fourth-order valence-corrected chi connectivity index (χ4v) is 1.46. The first kappa shape index (κ1) is 11.6. The molecule has 0 aromatic heterocycles. The van der Waals surface area contributed by atoms with Crippen molar-refractivity contribution in [3.8, 4) is 5.75 Å². The van der Waals surface area contributed by atoms with E-state index in [1.54, 1.807) is 36.4 Å². The molecule has 0 saturated carbocycles. The monoisotopic (exact) mass is 246 g/mol. The highest BCUT2D eigenvalue weighted by molar-refractivity contribution is 6.30. The Morgan fingerprint density at radius 2 is 1.71 bits per heavy atom. The number of benzene rings is 2. The molecule has 0 radical (unpaired) electrons. The fraction of sp³-hybridized carbons (Fsp3) is 0.0769. The van der Waals surface area contributed by atoms with Gasteiger partial charge in [0.1, 0.15) is 11.4 Å². The van der Waals surface area contributed by atoms with Gasteiger partial charge in [-0.2, -0.15) is 5.11 Å². The Kier molecular flexibility index (Phi) is 3.40. The molecule has 0 atom stereocenters. The van der Waals surface area contributed by atoms with E-state index < -0.39 is 0 Å². The van der Waals surface area contributed by atoms with E-state index in [0.29, 0.717) is 16.4 Å². The Balaban J connectivity index is 2.25. The van der Waals surface area contributed by atoms with Crippen molar-refractivity contribution in [1.29, 1.82) is 0 Å². The predicted molar refractivity (Wildman–Crippen MR) is 68.5 cm³/mol. The third-order valence-electron chi connectivity index (χ3n) is 2.23. The molecule has 0 aliphatic heterocycles. The summed E-state index contributed by atoms with van der Waals surface area (Å²) < 4.78 is 0. The van der Waals surface area contributed by atoms with E-state index in [9.17, 15) is 5.11 Å². The number of phenolic OH excluding ortho intramolecular Hbond substituents is 1. The average Bonchev–Trinajstić information content (AvgIpc) is 2.32. The number of phenols is 1. The summed E-state index contributed by atoms with van der Waals surface area (Å²) in [6.07, 6.45) is 0. The number of rotatable bonds is 2. The van der Waals surface area contributed by atoms with Gasteiger partial charge < -0.3 is 5.11 Å². The van der Waals surface area contributed by atoms with Gasteiger partial charge in [-0.25, -0.2) is 0 Å². The quantitative estimate of drug-likeness (QED) is 0.762. The Bertz CT molecular complexity index is 550. The molecule has 4 heteroatoms. The van der Waals surface area contributed by atoms with Crippen LogP contribution in [0.25, 0.3) is 0 Å². The van der Waals surface area contributed by atoms with Crippen LogP contribution in [0, 0.1) is 6.92 Å². The lowest BCUT2D eigenvalue weighted by molar-refractivity contribution is 0.476. The first-order valence-corrected chi connectivity index (χ1v) is 5.50. The van der Waals surface area contributed by atoms with E-state index in [-0.39, 0.29) is 5.75 Å². The number of hydrogen-bond acceptors (Lipinski definition) is 3. The molecule has 0 heterocycles. The molecule has 0 amide bonds. The van der Waals surface area contributed by atoms with Gasteiger partial charge in [0.15, 0.2) is 0 Å². The Morgan fingerprint density at radius 1 is 1.00 bits per heavy atom. The molecule has 0 unspecified atom stereocenters. The van der Waals surface area contributed by atoms with Gasteiger partial charge >= 0.3 is 0 Å². The molecule has 2 aromatic carbocycles. The van der Waals surface area contributed by atoms with Crippen molar-refractivity contribution >= 4 is 23.0 Å². The van der Waals surface area contributed by atoms with Gasteiger partial charge in [-0.1, -0.05) is 17.7 Å². The standard InChI is InChI=1S/C13H11ClN2O/c1-9-2-7-13(17)12(8-9)16-15-11-5-3-10(14)4-6-11/h2-8,17H,1H3. The second-order valence-electron chi connectivity index (χ2n) is 3.67. The van der Waals surface area contributed by atoms with Crippen LogP contribution in [0.3, 0.4) is 0 Å². The summed E-state index contributed by atoms with van der Waals surface area (Å²) >= 11 is 5.76. The van der Waals surface area contributed by atoms with Gasteiger partial charge in [-0.15, -0.1) is 5.11 Å². The Labute approximate surface area is 104 Å². The Morgan fingerprint density at radius 3 is 2.41 bits per heavy atom. The molecule has 86 valence electrons. The second kappa shape index (κ2) is 4.97. The van der Waals surface area contributed by atoms with Crippen LogP contribution < -0.4 is 0 Å². The van der Waals surface area contributed by atoms with E-state index in [2.05, 4.69) is 10.2 Å². The Hall–Kier alpha value is -1.87. The number of aryl methyl sites for hydroxylation is 1. The van der Waals surface area contributed by atoms with Gasteiger partial charge in [0.25, 0.3) is 0 Å². The van der Waals surface area contributed by atoms with Crippen molar-refractivity contribution < 1.29 is 5.11 Å². The van der Waals surface area contributed by atoms with Crippen LogP contribution in [-0.2, 0) is 0 Å². The number of hydrogen-bond donors (Lipinski definition) is 1. The molecule has 0 bridgehead atoms. The highest BCUT2D eigenvalue weighted by Gasteiger charge is 1.99. The molecule has 0 fully saturated rings. The largest absolute Gasteiger partial charge is 0.506 e. The molecule has 0 aliphatic carbocycles. The summed E-state index contributed by atoms with van der Waals surface area (Å²) in [5.74, 6) is 0.119. The molecular formula is C13H11ClN2O. The predicted octanol–water partition coefficient (Wildman–Crippen LogP) is 4.77. The lowest BCUT2D eigenvalue weighted by Gasteiger charge is -1.99. The molecule has 0 aliphatic rings. The van der Waals surface area contributed by atoms with Gasteiger partial charge in [0, 0.05) is 5.02 Å². The van der Waals surface area contributed by atoms with Crippen LogP contribution >= 0.6 is 11.6 Å². The third-order valence-corrected chi connectivity index (χ3v) is 2.48. The normalized spacial score (nSPS) is 10.9. The molecule has 0 spiro atoms. The third kappa shape index (κ3) is 3.04. The maximum atomic E-state index is 9.58. The molecule has 2 aromatic rings. The van der Waals surface area contributed by atoms with Crippen molar-refractivity contribution in [2.24, 2.45) is 10.2 Å². The minimum Gasteiger partial charge on any atom is -0.506 e. The zero-order chi connectivity index (χ0) is 12.3. The lowest BCUT2D eigenvalue weighted by Crippen LogP contribution is -1.72. The maximum absolute atomic E-state index is 9.58. The summed E-state index contributed by atoms with van der Waals surface area (Å²) in [5.41, 5.74) is 2.17. The smallest absolute Gasteiger partial charge is 0.143 e. The van der Waals surface area contributed by atoms with E-state index in [1.165, 1.54) is 0 Å². The fourth-order valence-electron chi connectivity index (χ4n) is 1.33. The van der Waals surface area contributed by atoms with E-state index in [0.717, 1.165) is 5.56 Å². The maximum Gasteiger partial charge on any atom is 0.143 e. The second-order valence-corrected chi connectivity index (χ2v) is 4.11. The van der Waals surface area contributed by atoms with Crippen molar-refractivity contribution in [2.75, 3.05) is 0 Å². The minimum atomic E-state index is 0.119. The topological polar surface area (TPSA) is 45.0 Å². The first-order chi connectivity index (χ1) is 8.15. The molecule has 1 N–H and O–H groups in total. The zero-order valence-corrected chi connectivity index (χ0v) is 10.0. The molecule has 0 saturated heterocycles. The summed E-state index contributed by atoms with van der Waals surface area (Å²) in [7, 11) is 0. The highest BCUT2D eigenvalue weighted by atomic mass is 35.5. The van der Waals surface area contributed by atoms with Crippen LogP contribution in [0.2, 0.25) is 5.02 Å². The number of halogens is 1. The van der Waals surface area contributed by atoms with E-state index >= 15 is 0 Å². The van der Waals surface area contributed by atoms with Crippen LogP contribution in [0.1, 0.15) is 5.56 Å². The number of azo groups is 1. The summed E-state index contributed by atoms with van der Waals surface area (Å²) in [6.45, 7) is 1.93. The lowest BCUT2D eigenvalue weighted by atomic mass is 10.2. The van der Waals surface area contributed by atoms with Crippen molar-refractivity contribution in [3.05, 3.63) is 53.1 Å². The summed E-state index contributed by atoms with van der Waals surface area (Å²) in [5, 5.41) is 18.3. The molecular weight excluding hydrogens is 236 g/mol. The summed E-state index contributed by atoms with van der Waals surface area (Å²) in [4.78, 5) is 0. The van der Waals surface area contributed by atoms with E-state index in [1.807, 2.05) is 13.0 Å². The first-order valence-electron chi connectivity index (χ1n) is 5.12. The van der Waals surface area contributed by atoms with Crippen molar-refractivity contribution in [1.82, 2.24) is 0 Å². The number of nitrogens with zero attached hydrogens (tertiary/aromatic N) is 2. The molecule has 2 rings (SSSR count). The van der Waals surface area contributed by atoms with Crippen molar-refractivity contribution in [2.45, 2.75) is 6.92 Å². The van der Waals surface area contributed by atoms with Crippen LogP contribution in [0.15, 0.2) is 52.7 Å². The minimum absolute atomic E-state index is 0.119. The van der Waals surface area contributed by atoms with Gasteiger partial charge in [-0.3, -0.25) is 0 Å².